The average Bonchev–Trinajstić information content (AvgIpc) is 2.94. The lowest BCUT2D eigenvalue weighted by Crippen LogP contribution is -2.20. The van der Waals surface area contributed by atoms with Crippen molar-refractivity contribution in [1.82, 2.24) is 20.3 Å². The predicted octanol–water partition coefficient (Wildman–Crippen LogP) is 1.78. The van der Waals surface area contributed by atoms with Crippen molar-refractivity contribution in [2.24, 2.45) is 0 Å². The van der Waals surface area contributed by atoms with Crippen molar-refractivity contribution in [3.05, 3.63) is 48.0 Å². The van der Waals surface area contributed by atoms with Crippen LogP contribution in [0.15, 0.2) is 36.7 Å². The minimum Gasteiger partial charge on any atom is -0.313 e. The fourth-order valence-corrected chi connectivity index (χ4v) is 2.15. The standard InChI is InChI=1S/C13H13FN4/c14-13-11(10-4-6-15-7-5-10)2-1-3-12(13)18-9-8-16-17-18/h1-4,8-9,15H,5-7H2. The summed E-state index contributed by atoms with van der Waals surface area (Å²) in [7, 11) is 0. The van der Waals surface area contributed by atoms with E-state index < -0.39 is 0 Å². The lowest BCUT2D eigenvalue weighted by atomic mass is 9.99. The minimum atomic E-state index is -0.240. The van der Waals surface area contributed by atoms with Crippen molar-refractivity contribution in [2.45, 2.75) is 6.42 Å². The van der Waals surface area contributed by atoms with E-state index in [1.165, 1.54) is 10.9 Å². The molecule has 0 amide bonds. The normalized spacial score (nSPS) is 15.5. The van der Waals surface area contributed by atoms with E-state index in [4.69, 9.17) is 0 Å². The molecule has 92 valence electrons. The highest BCUT2D eigenvalue weighted by Gasteiger charge is 2.14. The van der Waals surface area contributed by atoms with Crippen LogP contribution in [0.5, 0.6) is 0 Å². The Hall–Kier alpha value is -2.01. The molecule has 5 heteroatoms. The summed E-state index contributed by atoms with van der Waals surface area (Å²) < 4.78 is 15.9. The zero-order valence-corrected chi connectivity index (χ0v) is 9.81. The lowest BCUT2D eigenvalue weighted by Gasteiger charge is -2.16. The van der Waals surface area contributed by atoms with Crippen molar-refractivity contribution in [3.8, 4) is 5.69 Å². The van der Waals surface area contributed by atoms with Gasteiger partial charge in [0, 0.05) is 12.1 Å². The van der Waals surface area contributed by atoms with Crippen molar-refractivity contribution >= 4 is 5.57 Å². The van der Waals surface area contributed by atoms with Crippen LogP contribution in [0.1, 0.15) is 12.0 Å². The minimum absolute atomic E-state index is 0.240. The van der Waals surface area contributed by atoms with E-state index in [-0.39, 0.29) is 5.82 Å². The summed E-state index contributed by atoms with van der Waals surface area (Å²) >= 11 is 0. The molecule has 0 radical (unpaired) electrons. The van der Waals surface area contributed by atoms with Crippen LogP contribution in [0.3, 0.4) is 0 Å². The molecular formula is C13H13FN4. The zero-order valence-electron chi connectivity index (χ0n) is 9.81. The third-order valence-corrected chi connectivity index (χ3v) is 3.06. The number of hydrogen-bond acceptors (Lipinski definition) is 3. The first-order chi connectivity index (χ1) is 8.86. The number of rotatable bonds is 2. The summed E-state index contributed by atoms with van der Waals surface area (Å²) in [5, 5.41) is 10.8. The highest BCUT2D eigenvalue weighted by Crippen LogP contribution is 2.25. The first-order valence-electron chi connectivity index (χ1n) is 5.91. The van der Waals surface area contributed by atoms with Crippen LogP contribution in [0, 0.1) is 5.82 Å². The molecule has 18 heavy (non-hydrogen) atoms. The highest BCUT2D eigenvalue weighted by molar-refractivity contribution is 5.69. The number of hydrogen-bond donors (Lipinski definition) is 1. The number of nitrogens with one attached hydrogen (secondary N) is 1. The summed E-state index contributed by atoms with van der Waals surface area (Å²) in [6, 6.07) is 5.36. The molecule has 1 N–H and O–H groups in total. The second-order valence-electron chi connectivity index (χ2n) is 4.17. The third-order valence-electron chi connectivity index (χ3n) is 3.06. The predicted molar refractivity (Wildman–Crippen MR) is 66.8 cm³/mol. The van der Waals surface area contributed by atoms with Gasteiger partial charge in [0.05, 0.1) is 12.4 Å². The molecule has 0 bridgehead atoms. The fraction of sp³-hybridized carbons (Fsp3) is 0.231. The molecular weight excluding hydrogens is 231 g/mol. The van der Waals surface area contributed by atoms with E-state index in [1.807, 2.05) is 18.2 Å². The Labute approximate surface area is 104 Å². The molecule has 3 rings (SSSR count). The summed E-state index contributed by atoms with van der Waals surface area (Å²) in [6.07, 6.45) is 6.06. The summed E-state index contributed by atoms with van der Waals surface area (Å²) in [5.41, 5.74) is 2.14. The molecule has 1 aromatic heterocycles. The van der Waals surface area contributed by atoms with Gasteiger partial charge in [0.1, 0.15) is 5.69 Å². The first kappa shape index (κ1) is 11.1. The second-order valence-corrected chi connectivity index (χ2v) is 4.17. The quantitative estimate of drug-likeness (QED) is 0.875. The van der Waals surface area contributed by atoms with Gasteiger partial charge < -0.3 is 5.32 Å². The summed E-state index contributed by atoms with van der Waals surface area (Å²) in [4.78, 5) is 0. The molecule has 2 heterocycles. The van der Waals surface area contributed by atoms with Crippen LogP contribution in [0.2, 0.25) is 0 Å². The Morgan fingerprint density at radius 3 is 3.00 bits per heavy atom. The molecule has 0 saturated carbocycles. The van der Waals surface area contributed by atoms with E-state index >= 15 is 0 Å². The Bertz CT molecular complexity index is 575. The summed E-state index contributed by atoms with van der Waals surface area (Å²) in [6.45, 7) is 1.68. The molecule has 0 saturated heterocycles. The maximum Gasteiger partial charge on any atom is 0.156 e. The van der Waals surface area contributed by atoms with Crippen LogP contribution < -0.4 is 5.32 Å². The lowest BCUT2D eigenvalue weighted by molar-refractivity contribution is 0.601. The van der Waals surface area contributed by atoms with Gasteiger partial charge >= 0.3 is 0 Å². The van der Waals surface area contributed by atoms with Crippen LogP contribution in [0.4, 0.5) is 4.39 Å². The van der Waals surface area contributed by atoms with E-state index in [0.29, 0.717) is 11.3 Å². The molecule has 1 aliphatic heterocycles. The van der Waals surface area contributed by atoms with Gasteiger partial charge in [-0.3, -0.25) is 0 Å². The molecule has 2 aromatic rings. The van der Waals surface area contributed by atoms with E-state index in [2.05, 4.69) is 15.6 Å². The Balaban J connectivity index is 2.06. The molecule has 0 fully saturated rings. The van der Waals surface area contributed by atoms with Gasteiger partial charge in [-0.1, -0.05) is 23.4 Å². The molecule has 0 aliphatic carbocycles. The molecule has 4 nitrogen and oxygen atoms in total. The second kappa shape index (κ2) is 4.70. The molecule has 1 aromatic carbocycles. The number of nitrogens with zero attached hydrogens (tertiary/aromatic N) is 3. The molecule has 0 atom stereocenters. The van der Waals surface area contributed by atoms with Crippen molar-refractivity contribution < 1.29 is 4.39 Å². The van der Waals surface area contributed by atoms with Crippen molar-refractivity contribution in [1.29, 1.82) is 0 Å². The van der Waals surface area contributed by atoms with Gasteiger partial charge in [-0.05, 0) is 24.6 Å². The Kier molecular flexibility index (Phi) is 2.90. The van der Waals surface area contributed by atoms with Gasteiger partial charge in [-0.15, -0.1) is 5.10 Å². The largest absolute Gasteiger partial charge is 0.313 e. The highest BCUT2D eigenvalue weighted by atomic mass is 19.1. The van der Waals surface area contributed by atoms with E-state index in [1.54, 1.807) is 12.3 Å². The van der Waals surface area contributed by atoms with Crippen molar-refractivity contribution in [2.75, 3.05) is 13.1 Å². The maximum absolute atomic E-state index is 14.5. The monoisotopic (exact) mass is 244 g/mol. The molecule has 0 unspecified atom stereocenters. The number of benzene rings is 1. The average molecular weight is 244 g/mol. The van der Waals surface area contributed by atoms with Crippen LogP contribution in [-0.4, -0.2) is 28.1 Å². The maximum atomic E-state index is 14.5. The van der Waals surface area contributed by atoms with Gasteiger partial charge in [0.25, 0.3) is 0 Å². The zero-order chi connectivity index (χ0) is 12.4. The SMILES string of the molecule is Fc1c(C2=CCNCC2)cccc1-n1ccnn1. The van der Waals surface area contributed by atoms with E-state index in [9.17, 15) is 4.39 Å². The van der Waals surface area contributed by atoms with Crippen LogP contribution >= 0.6 is 0 Å². The van der Waals surface area contributed by atoms with E-state index in [0.717, 1.165) is 25.1 Å². The van der Waals surface area contributed by atoms with Gasteiger partial charge in [-0.2, -0.15) is 0 Å². The fourth-order valence-electron chi connectivity index (χ4n) is 2.15. The van der Waals surface area contributed by atoms with Crippen LogP contribution in [-0.2, 0) is 0 Å². The van der Waals surface area contributed by atoms with Crippen molar-refractivity contribution in [3.63, 3.8) is 0 Å². The van der Waals surface area contributed by atoms with Crippen LogP contribution in [0.25, 0.3) is 11.3 Å². The Morgan fingerprint density at radius 2 is 2.28 bits per heavy atom. The Morgan fingerprint density at radius 1 is 1.33 bits per heavy atom. The summed E-state index contributed by atoms with van der Waals surface area (Å²) in [5.74, 6) is -0.240. The molecule has 0 spiro atoms. The smallest absolute Gasteiger partial charge is 0.156 e. The third kappa shape index (κ3) is 1.93. The van der Waals surface area contributed by atoms with Gasteiger partial charge in [0.2, 0.25) is 0 Å². The first-order valence-corrected chi connectivity index (χ1v) is 5.91. The number of aromatic nitrogens is 3. The topological polar surface area (TPSA) is 42.7 Å². The number of halogens is 1. The van der Waals surface area contributed by atoms with Gasteiger partial charge in [-0.25, -0.2) is 9.07 Å². The van der Waals surface area contributed by atoms with Gasteiger partial charge in [0.15, 0.2) is 5.82 Å². The molecule has 1 aliphatic rings.